The number of amides is 4. The van der Waals surface area contributed by atoms with Crippen LogP contribution in [0.3, 0.4) is 0 Å². The SMILES string of the molecule is O=C(NCc1cccc(N2CCOCC2)c1)NC(CCCCN(Cc1ccccc1)C(=O)O)C(=O)N(Cc1cccs1)Cc1cccs1. The summed E-state index contributed by atoms with van der Waals surface area (Å²) >= 11 is 3.18. The monoisotopic (exact) mass is 689 g/mol. The van der Waals surface area contributed by atoms with Gasteiger partial charge in [-0.3, -0.25) is 4.79 Å². The van der Waals surface area contributed by atoms with E-state index in [1.165, 1.54) is 4.90 Å². The van der Waals surface area contributed by atoms with Crippen LogP contribution in [0.25, 0.3) is 0 Å². The minimum atomic E-state index is -0.986. The van der Waals surface area contributed by atoms with Crippen molar-refractivity contribution in [2.75, 3.05) is 37.7 Å². The first-order chi connectivity index (χ1) is 23.4. The molecule has 5 rings (SSSR count). The number of rotatable bonds is 16. The first-order valence-electron chi connectivity index (χ1n) is 16.3. The third kappa shape index (κ3) is 10.8. The summed E-state index contributed by atoms with van der Waals surface area (Å²) in [5.41, 5.74) is 2.97. The highest BCUT2D eigenvalue weighted by Crippen LogP contribution is 2.20. The van der Waals surface area contributed by atoms with Crippen LogP contribution in [0, 0.1) is 0 Å². The van der Waals surface area contributed by atoms with Crippen LogP contribution in [0.5, 0.6) is 0 Å². The van der Waals surface area contributed by atoms with Gasteiger partial charge in [-0.1, -0.05) is 54.6 Å². The van der Waals surface area contributed by atoms with Crippen molar-refractivity contribution in [3.8, 4) is 0 Å². The molecule has 1 saturated heterocycles. The molecule has 254 valence electrons. The van der Waals surface area contributed by atoms with Gasteiger partial charge in [0.25, 0.3) is 0 Å². The number of hydrogen-bond donors (Lipinski definition) is 3. The molecule has 0 aliphatic carbocycles. The van der Waals surface area contributed by atoms with Gasteiger partial charge in [0.2, 0.25) is 5.91 Å². The lowest BCUT2D eigenvalue weighted by atomic mass is 10.1. The van der Waals surface area contributed by atoms with Crippen LogP contribution in [0.4, 0.5) is 15.3 Å². The normalized spacial score (nSPS) is 13.5. The summed E-state index contributed by atoms with van der Waals surface area (Å²) in [6, 6.07) is 24.3. The molecule has 48 heavy (non-hydrogen) atoms. The molecule has 3 heterocycles. The number of urea groups is 1. The molecule has 12 heteroatoms. The van der Waals surface area contributed by atoms with Gasteiger partial charge in [0.15, 0.2) is 0 Å². The van der Waals surface area contributed by atoms with Crippen molar-refractivity contribution >= 4 is 46.4 Å². The molecule has 2 aromatic heterocycles. The number of benzene rings is 2. The van der Waals surface area contributed by atoms with Crippen LogP contribution >= 0.6 is 22.7 Å². The molecule has 1 aliphatic rings. The van der Waals surface area contributed by atoms with Crippen molar-refractivity contribution in [2.24, 2.45) is 0 Å². The molecule has 1 unspecified atom stereocenters. The molecule has 4 aromatic rings. The maximum Gasteiger partial charge on any atom is 0.407 e. The highest BCUT2D eigenvalue weighted by Gasteiger charge is 2.27. The van der Waals surface area contributed by atoms with E-state index in [0.29, 0.717) is 65.2 Å². The fraction of sp³-hybridized carbons (Fsp3) is 0.361. The van der Waals surface area contributed by atoms with E-state index in [1.807, 2.05) is 77.5 Å². The average Bonchev–Trinajstić information content (AvgIpc) is 3.83. The van der Waals surface area contributed by atoms with Crippen LogP contribution in [0.1, 0.15) is 40.1 Å². The van der Waals surface area contributed by atoms with E-state index in [2.05, 4.69) is 27.7 Å². The standard InChI is InChI=1S/C36H43N5O5S2/c42-34(41(26-31-13-7-21-47-31)27-32-14-8-22-48-32)33(15-4-5-16-40(36(44)45)25-28-9-2-1-3-10-28)38-35(43)37-24-29-11-6-12-30(23-29)39-17-19-46-20-18-39/h1-3,6-14,21-23,33H,4-5,15-20,24-27H2,(H,44,45)(H2,37,38,43). The molecular weight excluding hydrogens is 647 g/mol. The maximum absolute atomic E-state index is 14.2. The summed E-state index contributed by atoms with van der Waals surface area (Å²) in [4.78, 5) is 47.0. The Morgan fingerprint density at radius 3 is 2.15 bits per heavy atom. The number of nitrogens with one attached hydrogen (secondary N) is 2. The Labute approximate surface area is 289 Å². The molecule has 1 atom stereocenters. The molecule has 1 fully saturated rings. The summed E-state index contributed by atoms with van der Waals surface area (Å²) in [7, 11) is 0. The van der Waals surface area contributed by atoms with Crippen LogP contribution in [-0.4, -0.2) is 71.8 Å². The third-order valence-electron chi connectivity index (χ3n) is 8.17. The second-order valence-electron chi connectivity index (χ2n) is 11.7. The Morgan fingerprint density at radius 1 is 0.812 bits per heavy atom. The second kappa shape index (κ2) is 18.2. The molecule has 1 aliphatic heterocycles. The Hall–Kier alpha value is -4.39. The van der Waals surface area contributed by atoms with Gasteiger partial charge < -0.3 is 35.2 Å². The largest absolute Gasteiger partial charge is 0.465 e. The highest BCUT2D eigenvalue weighted by molar-refractivity contribution is 7.10. The average molecular weight is 690 g/mol. The minimum absolute atomic E-state index is 0.166. The van der Waals surface area contributed by atoms with E-state index < -0.39 is 18.2 Å². The molecular formula is C36H43N5O5S2. The van der Waals surface area contributed by atoms with Crippen LogP contribution < -0.4 is 15.5 Å². The molecule has 0 saturated carbocycles. The zero-order valence-electron chi connectivity index (χ0n) is 27.0. The molecule has 2 aromatic carbocycles. The number of carbonyl (C=O) groups is 3. The summed E-state index contributed by atoms with van der Waals surface area (Å²) < 4.78 is 5.48. The molecule has 3 N–H and O–H groups in total. The van der Waals surface area contributed by atoms with Crippen molar-refractivity contribution in [3.63, 3.8) is 0 Å². The maximum atomic E-state index is 14.2. The second-order valence-corrected chi connectivity index (χ2v) is 13.8. The number of nitrogens with zero attached hydrogens (tertiary/aromatic N) is 3. The summed E-state index contributed by atoms with van der Waals surface area (Å²) in [6.07, 6.45) is 0.502. The van der Waals surface area contributed by atoms with E-state index in [4.69, 9.17) is 4.74 Å². The Balaban J connectivity index is 1.24. The summed E-state index contributed by atoms with van der Waals surface area (Å²) in [5.74, 6) is -0.166. The Morgan fingerprint density at radius 2 is 1.50 bits per heavy atom. The summed E-state index contributed by atoms with van der Waals surface area (Å²) in [5, 5.41) is 19.7. The zero-order chi connectivity index (χ0) is 33.6. The predicted octanol–water partition coefficient (Wildman–Crippen LogP) is 6.39. The topological polar surface area (TPSA) is 114 Å². The van der Waals surface area contributed by atoms with Crippen molar-refractivity contribution in [2.45, 2.75) is 51.5 Å². The molecule has 10 nitrogen and oxygen atoms in total. The van der Waals surface area contributed by atoms with E-state index in [1.54, 1.807) is 27.6 Å². The fourth-order valence-electron chi connectivity index (χ4n) is 5.64. The Bertz CT molecular complexity index is 1530. The van der Waals surface area contributed by atoms with Crippen molar-refractivity contribution < 1.29 is 24.2 Å². The number of ether oxygens (including phenoxy) is 1. The van der Waals surface area contributed by atoms with E-state index in [-0.39, 0.29) is 5.91 Å². The quantitative estimate of drug-likeness (QED) is 0.118. The van der Waals surface area contributed by atoms with Gasteiger partial charge >= 0.3 is 12.1 Å². The van der Waals surface area contributed by atoms with Gasteiger partial charge in [-0.15, -0.1) is 22.7 Å². The van der Waals surface area contributed by atoms with E-state index in [0.717, 1.165) is 39.7 Å². The lowest BCUT2D eigenvalue weighted by Crippen LogP contribution is -2.50. The molecule has 0 spiro atoms. The zero-order valence-corrected chi connectivity index (χ0v) is 28.6. The van der Waals surface area contributed by atoms with Gasteiger partial charge in [0.1, 0.15) is 6.04 Å². The third-order valence-corrected chi connectivity index (χ3v) is 9.89. The summed E-state index contributed by atoms with van der Waals surface area (Å²) in [6.45, 7) is 4.84. The number of carboxylic acid groups (broad SMARTS) is 1. The molecule has 0 radical (unpaired) electrons. The molecule has 0 bridgehead atoms. The number of unbranched alkanes of at least 4 members (excludes halogenated alkanes) is 1. The van der Waals surface area contributed by atoms with Crippen molar-refractivity contribution in [1.82, 2.24) is 20.4 Å². The smallest absolute Gasteiger partial charge is 0.407 e. The van der Waals surface area contributed by atoms with Gasteiger partial charge in [-0.2, -0.15) is 0 Å². The van der Waals surface area contributed by atoms with Gasteiger partial charge in [0.05, 0.1) is 26.3 Å². The first-order valence-corrected chi connectivity index (χ1v) is 18.0. The number of morpholine rings is 1. The first kappa shape index (κ1) is 34.9. The van der Waals surface area contributed by atoms with Crippen molar-refractivity contribution in [3.05, 3.63) is 111 Å². The number of thiophene rings is 2. The number of carbonyl (C=O) groups excluding carboxylic acids is 2. The number of anilines is 1. The predicted molar refractivity (Wildman–Crippen MR) is 190 cm³/mol. The minimum Gasteiger partial charge on any atom is -0.465 e. The van der Waals surface area contributed by atoms with Crippen LogP contribution in [0.15, 0.2) is 89.6 Å². The Kier molecular flexibility index (Phi) is 13.3. The van der Waals surface area contributed by atoms with Gasteiger partial charge in [-0.25, -0.2) is 9.59 Å². The van der Waals surface area contributed by atoms with Crippen LogP contribution in [-0.2, 0) is 35.7 Å². The number of hydrogen-bond acceptors (Lipinski definition) is 7. The molecule has 4 amide bonds. The highest BCUT2D eigenvalue weighted by atomic mass is 32.1. The van der Waals surface area contributed by atoms with Gasteiger partial charge in [-0.05, 0) is 65.4 Å². The van der Waals surface area contributed by atoms with Crippen LogP contribution in [0.2, 0.25) is 0 Å². The van der Waals surface area contributed by atoms with Crippen molar-refractivity contribution in [1.29, 1.82) is 0 Å². The van der Waals surface area contributed by atoms with E-state index in [9.17, 15) is 19.5 Å². The fourth-order valence-corrected chi connectivity index (χ4v) is 7.08. The lowest BCUT2D eigenvalue weighted by Gasteiger charge is -2.29. The lowest BCUT2D eigenvalue weighted by molar-refractivity contribution is -0.134. The van der Waals surface area contributed by atoms with E-state index >= 15 is 0 Å². The van der Waals surface area contributed by atoms with Gasteiger partial charge in [0, 0.05) is 48.2 Å².